The van der Waals surface area contributed by atoms with Gasteiger partial charge in [-0.3, -0.25) is 9.59 Å². The van der Waals surface area contributed by atoms with Gasteiger partial charge in [-0.25, -0.2) is 13.6 Å². The molecule has 0 aliphatic carbocycles. The standard InChI is InChI=1S/C22H31F2N3O5/c1-13(2)10-17(21(30)26-16(12-28)11-15-8-9-25-20(15)29)32-22(31)27-18(19(23)24)14-6-4-3-5-7-14/h3-7,13,15-19,28H,8-12H2,1-2H3,(H,25,29)(H,26,30)(H,27,31)/t15-,16-,17-,18?/m0/s1. The fraction of sp³-hybridized carbons (Fsp3) is 0.591. The molecule has 4 atom stereocenters. The van der Waals surface area contributed by atoms with E-state index in [0.29, 0.717) is 13.0 Å². The number of nitrogens with one attached hydrogen (secondary N) is 3. The van der Waals surface area contributed by atoms with Gasteiger partial charge in [-0.2, -0.15) is 0 Å². The summed E-state index contributed by atoms with van der Waals surface area (Å²) in [5, 5.41) is 17.1. The molecule has 0 bridgehead atoms. The molecule has 8 nitrogen and oxygen atoms in total. The summed E-state index contributed by atoms with van der Waals surface area (Å²) in [6.45, 7) is 3.79. The summed E-state index contributed by atoms with van der Waals surface area (Å²) in [6, 6.07) is 5.45. The SMILES string of the molecule is CC(C)C[C@H](OC(=O)NC(c1ccccc1)C(F)F)C(=O)N[C@H](CO)C[C@@H]1CCNC1=O. The lowest BCUT2D eigenvalue weighted by atomic mass is 9.98. The van der Waals surface area contributed by atoms with Crippen molar-refractivity contribution in [3.63, 3.8) is 0 Å². The normalized spacial score (nSPS) is 18.7. The van der Waals surface area contributed by atoms with E-state index >= 15 is 0 Å². The Labute approximate surface area is 186 Å². The molecule has 0 radical (unpaired) electrons. The van der Waals surface area contributed by atoms with Crippen molar-refractivity contribution in [2.24, 2.45) is 11.8 Å². The zero-order valence-electron chi connectivity index (χ0n) is 18.2. The first-order valence-corrected chi connectivity index (χ1v) is 10.7. The van der Waals surface area contributed by atoms with Crippen molar-refractivity contribution in [1.82, 2.24) is 16.0 Å². The third kappa shape index (κ3) is 7.74. The van der Waals surface area contributed by atoms with E-state index in [9.17, 15) is 28.3 Å². The average molecular weight is 456 g/mol. The summed E-state index contributed by atoms with van der Waals surface area (Å²) in [5.74, 6) is -1.14. The number of carbonyl (C=O) groups is 3. The fourth-order valence-electron chi connectivity index (χ4n) is 3.57. The van der Waals surface area contributed by atoms with Crippen LogP contribution in [0.25, 0.3) is 0 Å². The molecule has 32 heavy (non-hydrogen) atoms. The first-order valence-electron chi connectivity index (χ1n) is 10.7. The van der Waals surface area contributed by atoms with Crippen molar-refractivity contribution in [2.75, 3.05) is 13.2 Å². The van der Waals surface area contributed by atoms with Gasteiger partial charge in [0, 0.05) is 12.5 Å². The molecule has 1 heterocycles. The minimum atomic E-state index is -2.88. The molecule has 4 N–H and O–H groups in total. The number of amides is 3. The maximum atomic E-state index is 13.5. The Morgan fingerprint density at radius 1 is 1.22 bits per heavy atom. The van der Waals surface area contributed by atoms with Crippen LogP contribution < -0.4 is 16.0 Å². The number of halogens is 2. The second-order valence-electron chi connectivity index (χ2n) is 8.29. The van der Waals surface area contributed by atoms with Gasteiger partial charge in [0.2, 0.25) is 5.91 Å². The van der Waals surface area contributed by atoms with Crippen LogP contribution >= 0.6 is 0 Å². The van der Waals surface area contributed by atoms with Gasteiger partial charge in [0.25, 0.3) is 12.3 Å². The van der Waals surface area contributed by atoms with Gasteiger partial charge < -0.3 is 25.8 Å². The summed E-state index contributed by atoms with van der Waals surface area (Å²) in [4.78, 5) is 36.9. The Morgan fingerprint density at radius 3 is 2.44 bits per heavy atom. The van der Waals surface area contributed by atoms with E-state index in [4.69, 9.17) is 4.74 Å². The van der Waals surface area contributed by atoms with Crippen molar-refractivity contribution in [1.29, 1.82) is 0 Å². The van der Waals surface area contributed by atoms with Gasteiger partial charge in [0.05, 0.1) is 12.6 Å². The Morgan fingerprint density at radius 2 is 1.91 bits per heavy atom. The van der Waals surface area contributed by atoms with Crippen LogP contribution in [0.3, 0.4) is 0 Å². The van der Waals surface area contributed by atoms with E-state index in [0.717, 1.165) is 0 Å². The molecule has 2 rings (SSSR count). The highest BCUT2D eigenvalue weighted by Crippen LogP contribution is 2.21. The van der Waals surface area contributed by atoms with Gasteiger partial charge in [-0.1, -0.05) is 44.2 Å². The molecular formula is C22H31F2N3O5. The summed E-state index contributed by atoms with van der Waals surface area (Å²) in [6.07, 6.45) is -4.25. The number of hydrogen-bond acceptors (Lipinski definition) is 5. The number of carbonyl (C=O) groups excluding carboxylic acids is 3. The molecule has 10 heteroatoms. The van der Waals surface area contributed by atoms with E-state index in [1.807, 2.05) is 13.8 Å². The van der Waals surface area contributed by atoms with Crippen LogP contribution in [0, 0.1) is 11.8 Å². The molecular weight excluding hydrogens is 424 g/mol. The molecule has 1 saturated heterocycles. The number of hydrogen-bond donors (Lipinski definition) is 4. The summed E-state index contributed by atoms with van der Waals surface area (Å²) in [5.41, 5.74) is 0.208. The van der Waals surface area contributed by atoms with Crippen molar-refractivity contribution in [3.8, 4) is 0 Å². The molecule has 1 aliphatic heterocycles. The lowest BCUT2D eigenvalue weighted by molar-refractivity contribution is -0.132. The monoisotopic (exact) mass is 455 g/mol. The molecule has 178 valence electrons. The Hall–Kier alpha value is -2.75. The molecule has 3 amide bonds. The molecule has 0 spiro atoms. The van der Waals surface area contributed by atoms with Crippen molar-refractivity contribution in [2.45, 2.75) is 57.7 Å². The Bertz CT molecular complexity index is 763. The lowest BCUT2D eigenvalue weighted by Crippen LogP contribution is -2.47. The summed E-state index contributed by atoms with van der Waals surface area (Å²) >= 11 is 0. The molecule has 1 aromatic rings. The van der Waals surface area contributed by atoms with Gasteiger partial charge in [-0.15, -0.1) is 0 Å². The molecule has 1 aromatic carbocycles. The van der Waals surface area contributed by atoms with E-state index in [1.165, 1.54) is 12.1 Å². The largest absolute Gasteiger partial charge is 0.436 e. The number of ether oxygens (including phenoxy) is 1. The minimum absolute atomic E-state index is 0.0354. The molecule has 1 aliphatic rings. The van der Waals surface area contributed by atoms with Crippen molar-refractivity contribution >= 4 is 17.9 Å². The van der Waals surface area contributed by atoms with Crippen LogP contribution in [0.1, 0.15) is 44.7 Å². The first-order chi connectivity index (χ1) is 15.2. The van der Waals surface area contributed by atoms with Crippen LogP contribution in [0.5, 0.6) is 0 Å². The Kier molecular flexibility index (Phi) is 9.83. The number of benzene rings is 1. The van der Waals surface area contributed by atoms with Crippen molar-refractivity contribution < 1.29 is 33.0 Å². The van der Waals surface area contributed by atoms with E-state index in [1.54, 1.807) is 18.2 Å². The van der Waals surface area contributed by atoms with Gasteiger partial charge in [0.1, 0.15) is 6.04 Å². The topological polar surface area (TPSA) is 117 Å². The highest BCUT2D eigenvalue weighted by molar-refractivity contribution is 5.84. The number of alkyl halides is 2. The van der Waals surface area contributed by atoms with Crippen LogP contribution in [0.2, 0.25) is 0 Å². The third-order valence-electron chi connectivity index (χ3n) is 5.21. The highest BCUT2D eigenvalue weighted by atomic mass is 19.3. The third-order valence-corrected chi connectivity index (χ3v) is 5.21. The number of alkyl carbamates (subject to hydrolysis) is 1. The van der Waals surface area contributed by atoms with Gasteiger partial charge >= 0.3 is 6.09 Å². The second kappa shape index (κ2) is 12.3. The Balaban J connectivity index is 2.01. The lowest BCUT2D eigenvalue weighted by Gasteiger charge is -2.25. The molecule has 0 saturated carbocycles. The predicted octanol–water partition coefficient (Wildman–Crippen LogP) is 2.14. The summed E-state index contributed by atoms with van der Waals surface area (Å²) in [7, 11) is 0. The van der Waals surface area contributed by atoms with Crippen LogP contribution in [0.4, 0.5) is 13.6 Å². The number of rotatable bonds is 11. The number of aliphatic hydroxyl groups excluding tert-OH is 1. The smallest absolute Gasteiger partial charge is 0.408 e. The average Bonchev–Trinajstić information content (AvgIpc) is 3.15. The molecule has 0 aromatic heterocycles. The van der Waals surface area contributed by atoms with E-state index < -0.39 is 43.2 Å². The minimum Gasteiger partial charge on any atom is -0.436 e. The molecule has 1 fully saturated rings. The quantitative estimate of drug-likeness (QED) is 0.408. The first kappa shape index (κ1) is 25.5. The van der Waals surface area contributed by atoms with Crippen molar-refractivity contribution in [3.05, 3.63) is 35.9 Å². The van der Waals surface area contributed by atoms with Crippen LogP contribution in [-0.4, -0.2) is 54.7 Å². The van der Waals surface area contributed by atoms with Crippen LogP contribution in [-0.2, 0) is 14.3 Å². The summed E-state index contributed by atoms with van der Waals surface area (Å²) < 4.78 is 32.2. The second-order valence-corrected chi connectivity index (χ2v) is 8.29. The predicted molar refractivity (Wildman–Crippen MR) is 113 cm³/mol. The van der Waals surface area contributed by atoms with Gasteiger partial charge in [0.15, 0.2) is 6.10 Å². The maximum absolute atomic E-state index is 13.5. The highest BCUT2D eigenvalue weighted by Gasteiger charge is 2.32. The maximum Gasteiger partial charge on any atom is 0.408 e. The fourth-order valence-corrected chi connectivity index (χ4v) is 3.57. The van der Waals surface area contributed by atoms with E-state index in [-0.39, 0.29) is 36.1 Å². The number of aliphatic hydroxyl groups is 1. The zero-order chi connectivity index (χ0) is 23.7. The molecule has 1 unspecified atom stereocenters. The van der Waals surface area contributed by atoms with Gasteiger partial charge in [-0.05, 0) is 30.7 Å². The van der Waals surface area contributed by atoms with E-state index in [2.05, 4.69) is 16.0 Å². The van der Waals surface area contributed by atoms with Crippen LogP contribution in [0.15, 0.2) is 30.3 Å². The zero-order valence-corrected chi connectivity index (χ0v) is 18.2.